The number of nitrogens with one attached hydrogen (secondary N) is 1. The zero-order valence-corrected chi connectivity index (χ0v) is 13.9. The molecule has 8 heteroatoms. The molecule has 25 heavy (non-hydrogen) atoms. The van der Waals surface area contributed by atoms with Gasteiger partial charge in [0.2, 0.25) is 6.41 Å². The summed E-state index contributed by atoms with van der Waals surface area (Å²) in [5.41, 5.74) is 1.86. The number of nitro benzene ring substituents is 1. The van der Waals surface area contributed by atoms with Gasteiger partial charge in [0.15, 0.2) is 0 Å². The molecule has 2 rings (SSSR count). The van der Waals surface area contributed by atoms with E-state index in [-0.39, 0.29) is 11.3 Å². The molecule has 1 aromatic carbocycles. The first-order valence-electron chi connectivity index (χ1n) is 7.83. The number of nitrogens with zero attached hydrogens (tertiary/aromatic N) is 2. The van der Waals surface area contributed by atoms with Crippen LogP contribution >= 0.6 is 0 Å². The van der Waals surface area contributed by atoms with Crippen LogP contribution in [0.15, 0.2) is 47.4 Å². The molecule has 1 aromatic rings. The Morgan fingerprint density at radius 2 is 2.00 bits per heavy atom. The fourth-order valence-corrected chi connectivity index (χ4v) is 3.02. The summed E-state index contributed by atoms with van der Waals surface area (Å²) in [4.78, 5) is 35.0. The van der Waals surface area contributed by atoms with Crippen molar-refractivity contribution < 1.29 is 19.6 Å². The molecule has 8 nitrogen and oxygen atoms in total. The molecule has 0 bridgehead atoms. The van der Waals surface area contributed by atoms with Gasteiger partial charge in [-0.2, -0.15) is 0 Å². The van der Waals surface area contributed by atoms with Gasteiger partial charge in [0.05, 0.1) is 16.4 Å². The van der Waals surface area contributed by atoms with E-state index >= 15 is 0 Å². The fraction of sp³-hybridized carbons (Fsp3) is 0.294. The lowest BCUT2D eigenvalue weighted by Gasteiger charge is -2.34. The molecule has 1 heterocycles. The molecule has 0 saturated carbocycles. The van der Waals surface area contributed by atoms with Crippen molar-refractivity contribution in [2.45, 2.75) is 26.2 Å². The second kappa shape index (κ2) is 7.61. The molecule has 0 aliphatic carbocycles. The van der Waals surface area contributed by atoms with Crippen LogP contribution in [-0.4, -0.2) is 33.9 Å². The van der Waals surface area contributed by atoms with Gasteiger partial charge in [-0.25, -0.2) is 4.79 Å². The molecule has 1 amide bonds. The Bertz CT molecular complexity index is 752. The molecule has 1 aliphatic heterocycles. The van der Waals surface area contributed by atoms with E-state index in [0.29, 0.717) is 30.6 Å². The van der Waals surface area contributed by atoms with Crippen molar-refractivity contribution in [3.8, 4) is 0 Å². The monoisotopic (exact) mass is 345 g/mol. The molecular formula is C17H19N3O5. The molecule has 1 atom stereocenters. The molecule has 0 spiro atoms. The van der Waals surface area contributed by atoms with E-state index in [4.69, 9.17) is 0 Å². The predicted molar refractivity (Wildman–Crippen MR) is 90.5 cm³/mol. The minimum Gasteiger partial charge on any atom is -0.478 e. The summed E-state index contributed by atoms with van der Waals surface area (Å²) in [6.07, 6.45) is 2.67. The van der Waals surface area contributed by atoms with Crippen molar-refractivity contribution in [1.29, 1.82) is 0 Å². The zero-order chi connectivity index (χ0) is 18.6. The van der Waals surface area contributed by atoms with Crippen LogP contribution in [0.3, 0.4) is 0 Å². The van der Waals surface area contributed by atoms with Crippen molar-refractivity contribution in [1.82, 2.24) is 10.2 Å². The second-order valence-corrected chi connectivity index (χ2v) is 5.43. The highest BCUT2D eigenvalue weighted by Gasteiger charge is 2.33. The van der Waals surface area contributed by atoms with Crippen LogP contribution in [0.4, 0.5) is 5.69 Å². The van der Waals surface area contributed by atoms with Crippen LogP contribution in [0.5, 0.6) is 0 Å². The molecule has 2 N–H and O–H groups in total. The minimum atomic E-state index is -1.11. The molecule has 0 radical (unpaired) electrons. The van der Waals surface area contributed by atoms with Gasteiger partial charge in [0, 0.05) is 36.3 Å². The number of benzene rings is 1. The number of carboxylic acid groups (broad SMARTS) is 1. The quantitative estimate of drug-likeness (QED) is 0.445. The van der Waals surface area contributed by atoms with Gasteiger partial charge >= 0.3 is 5.97 Å². The summed E-state index contributed by atoms with van der Waals surface area (Å²) in [5.74, 6) is -1.82. The standard InChI is InChI=1S/C17H19N3O5/c1-3-14-16(18-10-21)15(13(17(22)23)9-19(14)4-2)11-5-7-12(8-6-11)20(24)25/h5-10,15H,3-4H2,1-2H3,(H,18,21)(H,22,23). The number of allylic oxidation sites excluding steroid dienone is 2. The molecule has 1 unspecified atom stereocenters. The number of rotatable bonds is 7. The third-order valence-corrected chi connectivity index (χ3v) is 4.13. The Kier molecular flexibility index (Phi) is 5.53. The van der Waals surface area contributed by atoms with Crippen molar-refractivity contribution in [2.24, 2.45) is 0 Å². The van der Waals surface area contributed by atoms with Crippen LogP contribution < -0.4 is 5.32 Å². The second-order valence-electron chi connectivity index (χ2n) is 5.43. The molecule has 1 aliphatic rings. The van der Waals surface area contributed by atoms with E-state index in [2.05, 4.69) is 5.32 Å². The van der Waals surface area contributed by atoms with E-state index in [0.717, 1.165) is 5.70 Å². The molecule has 0 fully saturated rings. The van der Waals surface area contributed by atoms with Gasteiger partial charge < -0.3 is 15.3 Å². The van der Waals surface area contributed by atoms with Crippen molar-refractivity contribution in [2.75, 3.05) is 6.54 Å². The Balaban J connectivity index is 2.62. The number of hydrogen-bond donors (Lipinski definition) is 2. The summed E-state index contributed by atoms with van der Waals surface area (Å²) in [6.45, 7) is 4.35. The Labute approximate surface area is 144 Å². The lowest BCUT2D eigenvalue weighted by atomic mass is 9.84. The average Bonchev–Trinajstić information content (AvgIpc) is 2.60. The highest BCUT2D eigenvalue weighted by Crippen LogP contribution is 2.38. The first kappa shape index (κ1) is 18.2. The lowest BCUT2D eigenvalue weighted by molar-refractivity contribution is -0.384. The topological polar surface area (TPSA) is 113 Å². The maximum absolute atomic E-state index is 11.8. The van der Waals surface area contributed by atoms with Crippen LogP contribution in [0.1, 0.15) is 31.7 Å². The zero-order valence-electron chi connectivity index (χ0n) is 13.9. The first-order valence-corrected chi connectivity index (χ1v) is 7.83. The van der Waals surface area contributed by atoms with Crippen LogP contribution in [0.2, 0.25) is 0 Å². The minimum absolute atomic E-state index is 0.0832. The maximum atomic E-state index is 11.8. The average molecular weight is 345 g/mol. The summed E-state index contributed by atoms with van der Waals surface area (Å²) in [7, 11) is 0. The van der Waals surface area contributed by atoms with Gasteiger partial charge in [-0.05, 0) is 18.9 Å². The fourth-order valence-electron chi connectivity index (χ4n) is 3.02. The van der Waals surface area contributed by atoms with E-state index in [1.54, 1.807) is 11.1 Å². The van der Waals surface area contributed by atoms with Gasteiger partial charge in [-0.1, -0.05) is 19.1 Å². The number of amides is 1. The third-order valence-electron chi connectivity index (χ3n) is 4.13. The lowest BCUT2D eigenvalue weighted by Crippen LogP contribution is -2.34. The van der Waals surface area contributed by atoms with Crippen molar-refractivity contribution in [3.05, 3.63) is 63.1 Å². The maximum Gasteiger partial charge on any atom is 0.334 e. The van der Waals surface area contributed by atoms with Gasteiger partial charge in [-0.15, -0.1) is 0 Å². The Morgan fingerprint density at radius 1 is 1.36 bits per heavy atom. The summed E-state index contributed by atoms with van der Waals surface area (Å²) < 4.78 is 0. The summed E-state index contributed by atoms with van der Waals surface area (Å²) in [6, 6.07) is 5.68. The van der Waals surface area contributed by atoms with Crippen LogP contribution in [0, 0.1) is 10.1 Å². The number of carbonyl (C=O) groups excluding carboxylic acids is 1. The highest BCUT2D eigenvalue weighted by molar-refractivity contribution is 5.90. The number of aliphatic carboxylic acids is 1. The third kappa shape index (κ3) is 3.52. The first-order chi connectivity index (χ1) is 11.9. The number of non-ortho nitro benzene ring substituents is 1. The smallest absolute Gasteiger partial charge is 0.334 e. The van der Waals surface area contributed by atoms with Crippen LogP contribution in [-0.2, 0) is 9.59 Å². The highest BCUT2D eigenvalue weighted by atomic mass is 16.6. The normalized spacial score (nSPS) is 17.1. The van der Waals surface area contributed by atoms with E-state index in [1.807, 2.05) is 13.8 Å². The van der Waals surface area contributed by atoms with Crippen molar-refractivity contribution in [3.63, 3.8) is 0 Å². The van der Waals surface area contributed by atoms with Gasteiger partial charge in [-0.3, -0.25) is 14.9 Å². The Morgan fingerprint density at radius 3 is 2.44 bits per heavy atom. The van der Waals surface area contributed by atoms with E-state index in [1.165, 1.54) is 24.3 Å². The molecular weight excluding hydrogens is 326 g/mol. The number of hydrogen-bond acceptors (Lipinski definition) is 5. The summed E-state index contributed by atoms with van der Waals surface area (Å²) in [5, 5.41) is 23.1. The molecule has 0 saturated heterocycles. The Hall–Kier alpha value is -3.16. The van der Waals surface area contributed by atoms with Crippen molar-refractivity contribution >= 4 is 18.1 Å². The van der Waals surface area contributed by atoms with Crippen LogP contribution in [0.25, 0.3) is 0 Å². The molecule has 132 valence electrons. The van der Waals surface area contributed by atoms with E-state index < -0.39 is 16.8 Å². The summed E-state index contributed by atoms with van der Waals surface area (Å²) >= 11 is 0. The number of carbonyl (C=O) groups is 2. The van der Waals surface area contributed by atoms with Gasteiger partial charge in [0.1, 0.15) is 0 Å². The number of carboxylic acids is 1. The predicted octanol–water partition coefficient (Wildman–Crippen LogP) is 2.35. The van der Waals surface area contributed by atoms with E-state index in [9.17, 15) is 24.8 Å². The largest absolute Gasteiger partial charge is 0.478 e. The SMILES string of the molecule is CCC1=C(NC=O)C(c2ccc([N+](=O)[O-])cc2)C(C(=O)O)=CN1CC. The number of nitro groups is 1. The van der Waals surface area contributed by atoms with Gasteiger partial charge in [0.25, 0.3) is 5.69 Å². The molecule has 0 aromatic heterocycles.